The number of aliphatic hydroxyl groups excluding tert-OH is 1. The fraction of sp³-hybridized carbons (Fsp3) is 0.571. The predicted molar refractivity (Wildman–Crippen MR) is 73.3 cm³/mol. The van der Waals surface area contributed by atoms with Gasteiger partial charge in [0.2, 0.25) is 0 Å². The summed E-state index contributed by atoms with van der Waals surface area (Å²) in [6.45, 7) is 5.13. The molecule has 1 aromatic rings. The number of hydrogen-bond donors (Lipinski definition) is 2. The van der Waals surface area contributed by atoms with E-state index >= 15 is 0 Å². The molecule has 0 amide bonds. The first-order valence-electron chi connectivity index (χ1n) is 6.08. The molecule has 0 aliphatic heterocycles. The Bertz CT molecular complexity index is 374. The second-order valence-electron chi connectivity index (χ2n) is 5.35. The van der Waals surface area contributed by atoms with E-state index in [4.69, 9.17) is 0 Å². The lowest BCUT2D eigenvalue weighted by Gasteiger charge is -2.49. The van der Waals surface area contributed by atoms with E-state index < -0.39 is 0 Å². The Labute approximate surface area is 108 Å². The van der Waals surface area contributed by atoms with Crippen LogP contribution in [0.2, 0.25) is 0 Å². The van der Waals surface area contributed by atoms with Gasteiger partial charge in [0.05, 0.1) is 6.10 Å². The lowest BCUT2D eigenvalue weighted by molar-refractivity contribution is -0.0729. The molecule has 1 aliphatic rings. The van der Waals surface area contributed by atoms with E-state index in [1.807, 2.05) is 0 Å². The SMILES string of the molecule is CSc1ccc(CNC2CC(O)C2(C)C)cc1. The number of aliphatic hydroxyl groups is 1. The van der Waals surface area contributed by atoms with Crippen molar-refractivity contribution < 1.29 is 5.11 Å². The molecule has 3 heteroatoms. The van der Waals surface area contributed by atoms with Gasteiger partial charge in [-0.1, -0.05) is 26.0 Å². The van der Waals surface area contributed by atoms with Gasteiger partial charge >= 0.3 is 0 Å². The van der Waals surface area contributed by atoms with Gasteiger partial charge in [-0.15, -0.1) is 11.8 Å². The quantitative estimate of drug-likeness (QED) is 0.807. The molecule has 2 atom stereocenters. The molecule has 1 fully saturated rings. The zero-order chi connectivity index (χ0) is 12.5. The molecule has 0 spiro atoms. The van der Waals surface area contributed by atoms with E-state index in [2.05, 4.69) is 49.7 Å². The van der Waals surface area contributed by atoms with Gasteiger partial charge in [0.25, 0.3) is 0 Å². The highest BCUT2D eigenvalue weighted by molar-refractivity contribution is 7.98. The minimum Gasteiger partial charge on any atom is -0.392 e. The highest BCUT2D eigenvalue weighted by Crippen LogP contribution is 2.40. The van der Waals surface area contributed by atoms with Crippen molar-refractivity contribution in [2.24, 2.45) is 5.41 Å². The Morgan fingerprint density at radius 1 is 1.35 bits per heavy atom. The minimum absolute atomic E-state index is 0.0131. The molecular weight excluding hydrogens is 230 g/mol. The van der Waals surface area contributed by atoms with E-state index in [0.717, 1.165) is 13.0 Å². The average Bonchev–Trinajstić information content (AvgIpc) is 2.35. The van der Waals surface area contributed by atoms with Crippen LogP contribution in [0.4, 0.5) is 0 Å². The fourth-order valence-corrected chi connectivity index (χ4v) is 2.64. The molecule has 0 bridgehead atoms. The van der Waals surface area contributed by atoms with Crippen LogP contribution in [-0.4, -0.2) is 23.5 Å². The first-order chi connectivity index (χ1) is 8.04. The molecular formula is C14H21NOS. The maximum Gasteiger partial charge on any atom is 0.0621 e. The fourth-order valence-electron chi connectivity index (χ4n) is 2.23. The van der Waals surface area contributed by atoms with Crippen LogP contribution in [0.3, 0.4) is 0 Å². The first kappa shape index (κ1) is 12.9. The zero-order valence-corrected chi connectivity index (χ0v) is 11.6. The molecule has 1 saturated carbocycles. The minimum atomic E-state index is -0.154. The van der Waals surface area contributed by atoms with Crippen molar-refractivity contribution >= 4 is 11.8 Å². The van der Waals surface area contributed by atoms with Crippen LogP contribution in [0.1, 0.15) is 25.8 Å². The van der Waals surface area contributed by atoms with Crippen molar-refractivity contribution in [1.82, 2.24) is 5.32 Å². The summed E-state index contributed by atoms with van der Waals surface area (Å²) in [4.78, 5) is 1.30. The Kier molecular flexibility index (Phi) is 3.81. The summed E-state index contributed by atoms with van der Waals surface area (Å²) < 4.78 is 0. The van der Waals surface area contributed by atoms with Crippen LogP contribution in [0.15, 0.2) is 29.2 Å². The van der Waals surface area contributed by atoms with E-state index in [9.17, 15) is 5.11 Å². The number of nitrogens with one attached hydrogen (secondary N) is 1. The monoisotopic (exact) mass is 251 g/mol. The average molecular weight is 251 g/mol. The summed E-state index contributed by atoms with van der Waals surface area (Å²) in [7, 11) is 0. The van der Waals surface area contributed by atoms with Crippen molar-refractivity contribution in [3.05, 3.63) is 29.8 Å². The maximum absolute atomic E-state index is 9.67. The molecule has 2 rings (SSSR count). The van der Waals surface area contributed by atoms with Gasteiger partial charge in [-0.05, 0) is 30.4 Å². The highest BCUT2D eigenvalue weighted by Gasteiger charge is 2.46. The Morgan fingerprint density at radius 3 is 2.47 bits per heavy atom. The Morgan fingerprint density at radius 2 is 2.00 bits per heavy atom. The molecule has 2 unspecified atom stereocenters. The van der Waals surface area contributed by atoms with E-state index in [0.29, 0.717) is 6.04 Å². The summed E-state index contributed by atoms with van der Waals surface area (Å²) in [5.74, 6) is 0. The lowest BCUT2D eigenvalue weighted by Crippen LogP contribution is -2.59. The Hall–Kier alpha value is -0.510. The van der Waals surface area contributed by atoms with Crippen LogP contribution >= 0.6 is 11.8 Å². The summed E-state index contributed by atoms with van der Waals surface area (Å²) >= 11 is 1.76. The summed E-state index contributed by atoms with van der Waals surface area (Å²) in [5, 5.41) is 13.2. The second kappa shape index (κ2) is 5.01. The smallest absolute Gasteiger partial charge is 0.0621 e. The molecule has 0 radical (unpaired) electrons. The zero-order valence-electron chi connectivity index (χ0n) is 10.7. The van der Waals surface area contributed by atoms with Gasteiger partial charge in [-0.3, -0.25) is 0 Å². The Balaban J connectivity index is 1.86. The number of benzene rings is 1. The van der Waals surface area contributed by atoms with Crippen molar-refractivity contribution in [1.29, 1.82) is 0 Å². The lowest BCUT2D eigenvalue weighted by atomic mass is 9.64. The van der Waals surface area contributed by atoms with Crippen LogP contribution in [-0.2, 0) is 6.54 Å². The third kappa shape index (κ3) is 2.67. The molecule has 2 N–H and O–H groups in total. The van der Waals surface area contributed by atoms with Crippen molar-refractivity contribution in [2.45, 2.75) is 43.9 Å². The normalized spacial score (nSPS) is 26.6. The van der Waals surface area contributed by atoms with Crippen LogP contribution in [0.5, 0.6) is 0 Å². The van der Waals surface area contributed by atoms with E-state index in [1.165, 1.54) is 10.5 Å². The van der Waals surface area contributed by atoms with Crippen LogP contribution < -0.4 is 5.32 Å². The molecule has 17 heavy (non-hydrogen) atoms. The molecule has 0 heterocycles. The van der Waals surface area contributed by atoms with E-state index in [-0.39, 0.29) is 11.5 Å². The molecule has 1 aliphatic carbocycles. The summed E-state index contributed by atoms with van der Waals surface area (Å²) in [5.41, 5.74) is 1.32. The largest absolute Gasteiger partial charge is 0.392 e. The molecule has 0 saturated heterocycles. The van der Waals surface area contributed by atoms with Gasteiger partial charge in [0.1, 0.15) is 0 Å². The topological polar surface area (TPSA) is 32.3 Å². The molecule has 2 nitrogen and oxygen atoms in total. The number of rotatable bonds is 4. The van der Waals surface area contributed by atoms with Gasteiger partial charge in [0.15, 0.2) is 0 Å². The standard InChI is InChI=1S/C14H21NOS/c1-14(2)12(8-13(14)16)15-9-10-4-6-11(17-3)7-5-10/h4-7,12-13,15-16H,8-9H2,1-3H3. The third-order valence-electron chi connectivity index (χ3n) is 3.93. The molecule has 0 aromatic heterocycles. The van der Waals surface area contributed by atoms with Crippen molar-refractivity contribution in [2.75, 3.05) is 6.26 Å². The first-order valence-corrected chi connectivity index (χ1v) is 7.31. The predicted octanol–water partition coefficient (Wildman–Crippen LogP) is 2.66. The van der Waals surface area contributed by atoms with Crippen molar-refractivity contribution in [3.8, 4) is 0 Å². The van der Waals surface area contributed by atoms with Crippen molar-refractivity contribution in [3.63, 3.8) is 0 Å². The summed E-state index contributed by atoms with van der Waals surface area (Å²) in [6.07, 6.45) is 2.81. The molecule has 94 valence electrons. The maximum atomic E-state index is 9.67. The highest BCUT2D eigenvalue weighted by atomic mass is 32.2. The second-order valence-corrected chi connectivity index (χ2v) is 6.23. The van der Waals surface area contributed by atoms with Crippen LogP contribution in [0.25, 0.3) is 0 Å². The van der Waals surface area contributed by atoms with Gasteiger partial charge < -0.3 is 10.4 Å². The van der Waals surface area contributed by atoms with Gasteiger partial charge in [-0.2, -0.15) is 0 Å². The van der Waals surface area contributed by atoms with Gasteiger partial charge in [0, 0.05) is 22.9 Å². The molecule has 1 aromatic carbocycles. The van der Waals surface area contributed by atoms with Gasteiger partial charge in [-0.25, -0.2) is 0 Å². The number of thioether (sulfide) groups is 1. The summed E-state index contributed by atoms with van der Waals surface area (Å²) in [6, 6.07) is 9.07. The third-order valence-corrected chi connectivity index (χ3v) is 4.67. The number of hydrogen-bond acceptors (Lipinski definition) is 3. The van der Waals surface area contributed by atoms with Crippen LogP contribution in [0, 0.1) is 5.41 Å². The van der Waals surface area contributed by atoms with E-state index in [1.54, 1.807) is 11.8 Å².